The normalized spacial score (nSPS) is 17.4. The smallest absolute Gasteiger partial charge is 0.369 e. The van der Waals surface area contributed by atoms with Crippen molar-refractivity contribution in [2.24, 2.45) is 0 Å². The number of alkyl halides is 3. The largest absolute Gasteiger partial charge is 0.411 e. The van der Waals surface area contributed by atoms with Crippen LogP contribution in [0.3, 0.4) is 0 Å². The van der Waals surface area contributed by atoms with Crippen molar-refractivity contribution in [2.45, 2.75) is 19.2 Å². The number of nitrogens with zero attached hydrogens (tertiary/aromatic N) is 2. The van der Waals surface area contributed by atoms with E-state index >= 15 is 0 Å². The minimum Gasteiger partial charge on any atom is -0.369 e. The topological polar surface area (TPSA) is 44.8 Å². The molecule has 140 valence electrons. The lowest BCUT2D eigenvalue weighted by molar-refractivity contribution is -0.185. The fourth-order valence-electron chi connectivity index (χ4n) is 2.64. The number of halogens is 3. The molecular formula is C17H24F3N3O2. The van der Waals surface area contributed by atoms with Crippen molar-refractivity contribution in [3.8, 4) is 0 Å². The predicted octanol–water partition coefficient (Wildman–Crippen LogP) is 1.89. The van der Waals surface area contributed by atoms with Gasteiger partial charge in [0.25, 0.3) is 0 Å². The molecule has 1 aliphatic rings. The molecule has 1 unspecified atom stereocenters. The Hall–Kier alpha value is -1.80. The number of amides is 1. The first-order valence-corrected chi connectivity index (χ1v) is 8.33. The Bertz CT molecular complexity index is 532. The van der Waals surface area contributed by atoms with E-state index < -0.39 is 24.8 Å². The van der Waals surface area contributed by atoms with Crippen LogP contribution < -0.4 is 10.2 Å². The van der Waals surface area contributed by atoms with Gasteiger partial charge in [0.2, 0.25) is 5.91 Å². The van der Waals surface area contributed by atoms with Crippen molar-refractivity contribution in [3.63, 3.8) is 0 Å². The van der Waals surface area contributed by atoms with E-state index in [1.54, 1.807) is 0 Å². The zero-order valence-electron chi connectivity index (χ0n) is 14.3. The van der Waals surface area contributed by atoms with Gasteiger partial charge < -0.3 is 15.0 Å². The molecular weight excluding hydrogens is 335 g/mol. The first kappa shape index (κ1) is 19.5. The number of carbonyl (C=O) groups is 1. The Balaban J connectivity index is 1.62. The maximum Gasteiger partial charge on any atom is 0.411 e. The van der Waals surface area contributed by atoms with Gasteiger partial charge >= 0.3 is 6.18 Å². The van der Waals surface area contributed by atoms with E-state index in [-0.39, 0.29) is 0 Å². The van der Waals surface area contributed by atoms with Gasteiger partial charge in [0.1, 0.15) is 12.7 Å². The number of ether oxygens (including phenoxy) is 1. The van der Waals surface area contributed by atoms with Crippen LogP contribution in [0, 0.1) is 0 Å². The van der Waals surface area contributed by atoms with Crippen LogP contribution in [-0.4, -0.2) is 69.0 Å². The average molecular weight is 359 g/mol. The molecule has 1 aromatic rings. The van der Waals surface area contributed by atoms with Crippen molar-refractivity contribution in [3.05, 3.63) is 30.3 Å². The third-order valence-corrected chi connectivity index (χ3v) is 4.09. The molecule has 25 heavy (non-hydrogen) atoms. The summed E-state index contributed by atoms with van der Waals surface area (Å²) in [5.74, 6) is -0.521. The summed E-state index contributed by atoms with van der Waals surface area (Å²) in [6.45, 7) is 4.54. The zero-order valence-corrected chi connectivity index (χ0v) is 14.3. The van der Waals surface area contributed by atoms with E-state index in [0.29, 0.717) is 13.1 Å². The summed E-state index contributed by atoms with van der Waals surface area (Å²) in [6.07, 6.45) is -5.54. The number of hydrogen-bond acceptors (Lipinski definition) is 4. The zero-order chi connectivity index (χ0) is 18.3. The third kappa shape index (κ3) is 6.91. The molecule has 1 N–H and O–H groups in total. The van der Waals surface area contributed by atoms with Gasteiger partial charge in [-0.05, 0) is 19.1 Å². The Kier molecular flexibility index (Phi) is 7.07. The van der Waals surface area contributed by atoms with Gasteiger partial charge in [0.15, 0.2) is 0 Å². The number of carbonyl (C=O) groups excluding carboxylic acids is 1. The Labute approximate surface area is 145 Å². The molecule has 1 saturated heterocycles. The van der Waals surface area contributed by atoms with Gasteiger partial charge in [0, 0.05) is 45.0 Å². The van der Waals surface area contributed by atoms with Gasteiger partial charge in [-0.3, -0.25) is 9.69 Å². The summed E-state index contributed by atoms with van der Waals surface area (Å²) in [6, 6.07) is 10.2. The average Bonchev–Trinajstić information content (AvgIpc) is 2.60. The maximum absolute atomic E-state index is 12.1. The summed E-state index contributed by atoms with van der Waals surface area (Å²) in [7, 11) is 0. The molecule has 1 atom stereocenters. The highest BCUT2D eigenvalue weighted by Crippen LogP contribution is 2.16. The van der Waals surface area contributed by atoms with Crippen LogP contribution in [0.25, 0.3) is 0 Å². The van der Waals surface area contributed by atoms with Crippen molar-refractivity contribution >= 4 is 11.6 Å². The molecule has 5 nitrogen and oxygen atoms in total. The van der Waals surface area contributed by atoms with Crippen molar-refractivity contribution in [1.29, 1.82) is 0 Å². The summed E-state index contributed by atoms with van der Waals surface area (Å²) < 4.78 is 40.7. The minimum absolute atomic E-state index is 0.393. The monoisotopic (exact) mass is 359 g/mol. The van der Waals surface area contributed by atoms with Crippen LogP contribution in [0.1, 0.15) is 6.92 Å². The second-order valence-corrected chi connectivity index (χ2v) is 6.02. The van der Waals surface area contributed by atoms with E-state index in [4.69, 9.17) is 0 Å². The van der Waals surface area contributed by atoms with Crippen LogP contribution >= 0.6 is 0 Å². The summed E-state index contributed by atoms with van der Waals surface area (Å²) in [5.41, 5.74) is 1.20. The predicted molar refractivity (Wildman–Crippen MR) is 89.6 cm³/mol. The van der Waals surface area contributed by atoms with Crippen molar-refractivity contribution < 1.29 is 22.7 Å². The van der Waals surface area contributed by atoms with Gasteiger partial charge in [0.05, 0.1) is 0 Å². The number of anilines is 1. The minimum atomic E-state index is -4.42. The number of para-hydroxylation sites is 1. The molecule has 1 aliphatic heterocycles. The number of nitrogens with one attached hydrogen (secondary N) is 1. The second-order valence-electron chi connectivity index (χ2n) is 6.02. The Morgan fingerprint density at radius 2 is 1.84 bits per heavy atom. The van der Waals surface area contributed by atoms with Crippen LogP contribution in [0.4, 0.5) is 18.9 Å². The van der Waals surface area contributed by atoms with Gasteiger partial charge in [-0.2, -0.15) is 13.2 Å². The van der Waals surface area contributed by atoms with Gasteiger partial charge in [-0.1, -0.05) is 18.2 Å². The standard InChI is InChI=1S/C17H24F3N3O2/c1-14(25-13-17(18,19)20)16(24)21-7-8-22-9-11-23(12-10-22)15-5-3-2-4-6-15/h2-6,14H,7-13H2,1H3,(H,21,24). The molecule has 2 rings (SSSR count). The molecule has 1 fully saturated rings. The molecule has 8 heteroatoms. The molecule has 0 saturated carbocycles. The summed E-state index contributed by atoms with van der Waals surface area (Å²) in [4.78, 5) is 16.2. The van der Waals surface area contributed by atoms with Crippen LogP contribution in [0.2, 0.25) is 0 Å². The fraction of sp³-hybridized carbons (Fsp3) is 0.588. The van der Waals surface area contributed by atoms with Gasteiger partial charge in [-0.25, -0.2) is 0 Å². The first-order valence-electron chi connectivity index (χ1n) is 8.33. The summed E-state index contributed by atoms with van der Waals surface area (Å²) >= 11 is 0. The van der Waals surface area contributed by atoms with Crippen molar-refractivity contribution in [1.82, 2.24) is 10.2 Å². The Morgan fingerprint density at radius 3 is 2.44 bits per heavy atom. The number of hydrogen-bond donors (Lipinski definition) is 1. The molecule has 0 bridgehead atoms. The lowest BCUT2D eigenvalue weighted by Gasteiger charge is -2.36. The molecule has 0 aromatic heterocycles. The van der Waals surface area contributed by atoms with E-state index in [2.05, 4.69) is 32.0 Å². The van der Waals surface area contributed by atoms with E-state index in [0.717, 1.165) is 26.2 Å². The van der Waals surface area contributed by atoms with E-state index in [1.165, 1.54) is 12.6 Å². The molecule has 1 amide bonds. The van der Waals surface area contributed by atoms with E-state index in [1.807, 2.05) is 18.2 Å². The lowest BCUT2D eigenvalue weighted by Crippen LogP contribution is -2.49. The molecule has 0 spiro atoms. The second kappa shape index (κ2) is 9.05. The number of benzene rings is 1. The number of piperazine rings is 1. The highest BCUT2D eigenvalue weighted by molar-refractivity contribution is 5.80. The lowest BCUT2D eigenvalue weighted by atomic mass is 10.2. The summed E-state index contributed by atoms with van der Waals surface area (Å²) in [5, 5.41) is 2.62. The van der Waals surface area contributed by atoms with Crippen LogP contribution in [0.5, 0.6) is 0 Å². The quantitative estimate of drug-likeness (QED) is 0.808. The van der Waals surface area contributed by atoms with Crippen LogP contribution in [-0.2, 0) is 9.53 Å². The highest BCUT2D eigenvalue weighted by Gasteiger charge is 2.29. The van der Waals surface area contributed by atoms with Crippen LogP contribution in [0.15, 0.2) is 30.3 Å². The maximum atomic E-state index is 12.1. The molecule has 0 radical (unpaired) electrons. The molecule has 1 heterocycles. The Morgan fingerprint density at radius 1 is 1.20 bits per heavy atom. The van der Waals surface area contributed by atoms with Crippen molar-refractivity contribution in [2.75, 3.05) is 50.8 Å². The third-order valence-electron chi connectivity index (χ3n) is 4.09. The first-order chi connectivity index (χ1) is 11.8. The van der Waals surface area contributed by atoms with Gasteiger partial charge in [-0.15, -0.1) is 0 Å². The molecule has 0 aliphatic carbocycles. The number of rotatable bonds is 7. The fourth-order valence-corrected chi connectivity index (χ4v) is 2.64. The van der Waals surface area contributed by atoms with E-state index in [9.17, 15) is 18.0 Å². The highest BCUT2D eigenvalue weighted by atomic mass is 19.4. The SMILES string of the molecule is CC(OCC(F)(F)F)C(=O)NCCN1CCN(c2ccccc2)CC1. The molecule has 1 aromatic carbocycles.